The Morgan fingerprint density at radius 3 is 2.47 bits per heavy atom. The molecule has 1 rings (SSSR count). The van der Waals surface area contributed by atoms with Gasteiger partial charge in [0.15, 0.2) is 0 Å². The summed E-state index contributed by atoms with van der Waals surface area (Å²) in [7, 11) is 0. The number of carbonyl (C=O) groups is 1. The van der Waals surface area contributed by atoms with Crippen molar-refractivity contribution >= 4 is 17.6 Å². The topological polar surface area (TPSA) is 59.4 Å². The van der Waals surface area contributed by atoms with Gasteiger partial charge in [-0.25, -0.2) is 9.78 Å². The summed E-state index contributed by atoms with van der Waals surface area (Å²) in [6.07, 6.45) is -4.89. The summed E-state index contributed by atoms with van der Waals surface area (Å²) < 4.78 is 38.6. The maximum absolute atomic E-state index is 11.7. The standard InChI is InChI=1S/C7H3ClF3NO3/c8-5-3(6(13)14)1-2-4(12-5)15-7(9,10)11/h1-2H,(H,13,14). The van der Waals surface area contributed by atoms with Crippen LogP contribution in [0.5, 0.6) is 5.88 Å². The predicted octanol–water partition coefficient (Wildman–Crippen LogP) is 2.33. The molecule has 15 heavy (non-hydrogen) atoms. The maximum Gasteiger partial charge on any atom is 0.574 e. The first-order valence-electron chi connectivity index (χ1n) is 3.45. The Hall–Kier alpha value is -1.50. The minimum absolute atomic E-state index is 0.397. The van der Waals surface area contributed by atoms with Crippen LogP contribution in [0.1, 0.15) is 10.4 Å². The highest BCUT2D eigenvalue weighted by molar-refractivity contribution is 6.32. The number of hydrogen-bond donors (Lipinski definition) is 1. The third-order valence-corrected chi connectivity index (χ3v) is 1.56. The van der Waals surface area contributed by atoms with Gasteiger partial charge in [-0.1, -0.05) is 11.6 Å². The van der Waals surface area contributed by atoms with Gasteiger partial charge in [0.2, 0.25) is 5.88 Å². The van der Waals surface area contributed by atoms with Gasteiger partial charge in [0.25, 0.3) is 0 Å². The summed E-state index contributed by atoms with van der Waals surface area (Å²) in [6, 6.07) is 1.64. The van der Waals surface area contributed by atoms with Crippen molar-refractivity contribution < 1.29 is 27.8 Å². The average molecular weight is 242 g/mol. The van der Waals surface area contributed by atoms with Crippen molar-refractivity contribution in [3.05, 3.63) is 22.8 Å². The molecular weight excluding hydrogens is 239 g/mol. The van der Waals surface area contributed by atoms with Crippen LogP contribution in [0, 0.1) is 0 Å². The molecule has 0 atom stereocenters. The molecule has 8 heteroatoms. The number of rotatable bonds is 2. The van der Waals surface area contributed by atoms with Crippen molar-refractivity contribution in [2.24, 2.45) is 0 Å². The Bertz CT molecular complexity index is 394. The van der Waals surface area contributed by atoms with Gasteiger partial charge < -0.3 is 9.84 Å². The Balaban J connectivity index is 2.97. The number of aromatic nitrogens is 1. The van der Waals surface area contributed by atoms with Gasteiger partial charge >= 0.3 is 12.3 Å². The van der Waals surface area contributed by atoms with Gasteiger partial charge in [-0.2, -0.15) is 0 Å². The summed E-state index contributed by atoms with van der Waals surface area (Å²) in [4.78, 5) is 13.6. The lowest BCUT2D eigenvalue weighted by atomic mass is 10.3. The van der Waals surface area contributed by atoms with Gasteiger partial charge in [-0.3, -0.25) is 0 Å². The number of halogens is 4. The molecule has 0 amide bonds. The highest BCUT2D eigenvalue weighted by atomic mass is 35.5. The molecule has 0 spiro atoms. The molecule has 82 valence electrons. The SMILES string of the molecule is O=C(O)c1ccc(OC(F)(F)F)nc1Cl. The molecule has 0 radical (unpaired) electrons. The summed E-state index contributed by atoms with van der Waals surface area (Å²) >= 11 is 5.31. The van der Waals surface area contributed by atoms with Gasteiger partial charge in [0.05, 0.1) is 5.56 Å². The predicted molar refractivity (Wildman–Crippen MR) is 42.9 cm³/mol. The normalized spacial score (nSPS) is 11.2. The fourth-order valence-corrected chi connectivity index (χ4v) is 0.980. The molecule has 0 unspecified atom stereocenters. The fraction of sp³-hybridized carbons (Fsp3) is 0.143. The number of carboxylic acid groups (broad SMARTS) is 1. The van der Waals surface area contributed by atoms with E-state index in [-0.39, 0.29) is 0 Å². The van der Waals surface area contributed by atoms with E-state index in [9.17, 15) is 18.0 Å². The minimum atomic E-state index is -4.89. The first-order chi connectivity index (χ1) is 6.79. The molecule has 0 aliphatic rings. The highest BCUT2D eigenvalue weighted by Crippen LogP contribution is 2.23. The highest BCUT2D eigenvalue weighted by Gasteiger charge is 2.32. The quantitative estimate of drug-likeness (QED) is 0.808. The Labute approximate surface area is 86.3 Å². The van der Waals surface area contributed by atoms with E-state index in [1.54, 1.807) is 0 Å². The molecule has 1 aromatic rings. The van der Waals surface area contributed by atoms with E-state index in [2.05, 4.69) is 9.72 Å². The van der Waals surface area contributed by atoms with Gasteiger partial charge in [-0.05, 0) is 6.07 Å². The number of alkyl halides is 3. The Morgan fingerprint density at radius 1 is 1.47 bits per heavy atom. The summed E-state index contributed by atoms with van der Waals surface area (Å²) in [5.41, 5.74) is -0.397. The van der Waals surface area contributed by atoms with Crippen molar-refractivity contribution in [2.45, 2.75) is 6.36 Å². The van der Waals surface area contributed by atoms with E-state index < -0.39 is 28.9 Å². The van der Waals surface area contributed by atoms with Crippen LogP contribution >= 0.6 is 11.6 Å². The van der Waals surface area contributed by atoms with Crippen LogP contribution in [0.25, 0.3) is 0 Å². The van der Waals surface area contributed by atoms with Crippen molar-refractivity contribution in [2.75, 3.05) is 0 Å². The number of aromatic carboxylic acids is 1. The molecule has 1 N–H and O–H groups in total. The average Bonchev–Trinajstić information content (AvgIpc) is 1.99. The van der Waals surface area contributed by atoms with Gasteiger partial charge in [-0.15, -0.1) is 13.2 Å². The van der Waals surface area contributed by atoms with Crippen LogP contribution in [-0.4, -0.2) is 22.4 Å². The Kier molecular flexibility index (Phi) is 3.04. The summed E-state index contributed by atoms with van der Waals surface area (Å²) in [5.74, 6) is -2.19. The molecule has 0 aliphatic carbocycles. The molecule has 0 saturated carbocycles. The fourth-order valence-electron chi connectivity index (χ4n) is 0.753. The molecule has 0 aliphatic heterocycles. The first kappa shape index (κ1) is 11.6. The smallest absolute Gasteiger partial charge is 0.478 e. The second-order valence-corrected chi connectivity index (χ2v) is 2.70. The zero-order valence-corrected chi connectivity index (χ0v) is 7.63. The van der Waals surface area contributed by atoms with Crippen LogP contribution in [0.3, 0.4) is 0 Å². The molecule has 1 heterocycles. The lowest BCUT2D eigenvalue weighted by Crippen LogP contribution is -2.18. The number of pyridine rings is 1. The zero-order valence-electron chi connectivity index (χ0n) is 6.88. The monoisotopic (exact) mass is 241 g/mol. The molecule has 0 fully saturated rings. The third-order valence-electron chi connectivity index (χ3n) is 1.27. The van der Waals surface area contributed by atoms with Crippen molar-refractivity contribution in [3.8, 4) is 5.88 Å². The lowest BCUT2D eigenvalue weighted by Gasteiger charge is -2.08. The second-order valence-electron chi connectivity index (χ2n) is 2.34. The van der Waals surface area contributed by atoms with E-state index in [0.29, 0.717) is 0 Å². The molecular formula is C7H3ClF3NO3. The van der Waals surface area contributed by atoms with Gasteiger partial charge in [0.1, 0.15) is 5.15 Å². The van der Waals surface area contributed by atoms with Crippen molar-refractivity contribution in [1.29, 1.82) is 0 Å². The molecule has 0 saturated heterocycles. The van der Waals surface area contributed by atoms with E-state index in [0.717, 1.165) is 12.1 Å². The van der Waals surface area contributed by atoms with Crippen molar-refractivity contribution in [1.82, 2.24) is 4.98 Å². The van der Waals surface area contributed by atoms with Gasteiger partial charge in [0, 0.05) is 6.07 Å². The van der Waals surface area contributed by atoms with Crippen LogP contribution in [0.2, 0.25) is 5.15 Å². The molecule has 0 aromatic carbocycles. The Morgan fingerprint density at radius 2 is 2.07 bits per heavy atom. The first-order valence-corrected chi connectivity index (χ1v) is 3.83. The zero-order chi connectivity index (χ0) is 11.6. The molecule has 1 aromatic heterocycles. The second kappa shape index (κ2) is 3.93. The summed E-state index contributed by atoms with van der Waals surface area (Å²) in [6.45, 7) is 0. The summed E-state index contributed by atoms with van der Waals surface area (Å²) in [5, 5.41) is 7.94. The van der Waals surface area contributed by atoms with E-state index in [4.69, 9.17) is 16.7 Å². The number of carboxylic acids is 1. The number of hydrogen-bond acceptors (Lipinski definition) is 3. The van der Waals surface area contributed by atoms with Crippen molar-refractivity contribution in [3.63, 3.8) is 0 Å². The van der Waals surface area contributed by atoms with Crippen LogP contribution in [0.4, 0.5) is 13.2 Å². The minimum Gasteiger partial charge on any atom is -0.478 e. The third kappa shape index (κ3) is 3.28. The lowest BCUT2D eigenvalue weighted by molar-refractivity contribution is -0.276. The molecule has 4 nitrogen and oxygen atoms in total. The van der Waals surface area contributed by atoms with E-state index in [1.807, 2.05) is 0 Å². The maximum atomic E-state index is 11.7. The van der Waals surface area contributed by atoms with Crippen LogP contribution < -0.4 is 4.74 Å². The number of nitrogens with zero attached hydrogens (tertiary/aromatic N) is 1. The number of ether oxygens (including phenoxy) is 1. The van der Waals surface area contributed by atoms with E-state index >= 15 is 0 Å². The van der Waals surface area contributed by atoms with Crippen LogP contribution in [0.15, 0.2) is 12.1 Å². The molecule has 0 bridgehead atoms. The largest absolute Gasteiger partial charge is 0.574 e. The van der Waals surface area contributed by atoms with Crippen LogP contribution in [-0.2, 0) is 0 Å². The van der Waals surface area contributed by atoms with E-state index in [1.165, 1.54) is 0 Å².